The van der Waals surface area contributed by atoms with E-state index in [1.54, 1.807) is 0 Å². The molecule has 0 saturated heterocycles. The average molecular weight is 732 g/mol. The number of unbranched alkanes of at least 4 members (excludes halogenated alkanes) is 10. The molecule has 0 bridgehead atoms. The van der Waals surface area contributed by atoms with E-state index in [0.29, 0.717) is 0 Å². The summed E-state index contributed by atoms with van der Waals surface area (Å²) in [6, 6.07) is 40.0. The van der Waals surface area contributed by atoms with Crippen molar-refractivity contribution in [1.29, 1.82) is 0 Å². The lowest BCUT2D eigenvalue weighted by Gasteiger charge is -2.27. The largest absolute Gasteiger partial charge is 0.356 e. The van der Waals surface area contributed by atoms with Gasteiger partial charge in [0.1, 0.15) is 0 Å². The Kier molecular flexibility index (Phi) is 14.9. The first-order valence-electron chi connectivity index (χ1n) is 22.3. The first kappa shape index (κ1) is 40.6. The van der Waals surface area contributed by atoms with Gasteiger partial charge in [-0.2, -0.15) is 0 Å². The fourth-order valence-corrected chi connectivity index (χ4v) is 8.59. The molecule has 0 unspecified atom stereocenters. The highest BCUT2D eigenvalue weighted by Gasteiger charge is 2.22. The highest BCUT2D eigenvalue weighted by molar-refractivity contribution is 5.79. The third kappa shape index (κ3) is 10.6. The molecule has 1 nitrogen and oxygen atoms in total. The van der Waals surface area contributed by atoms with E-state index in [-0.39, 0.29) is 5.41 Å². The highest BCUT2D eigenvalue weighted by atomic mass is 14.9. The minimum Gasteiger partial charge on any atom is -0.356 e. The molecule has 0 radical (unpaired) electrons. The molecule has 5 aromatic rings. The van der Waals surface area contributed by atoms with E-state index in [1.165, 1.54) is 164 Å². The fourth-order valence-electron chi connectivity index (χ4n) is 8.59. The smallest absolute Gasteiger partial charge is 0.0390 e. The van der Waals surface area contributed by atoms with Crippen LogP contribution in [0.3, 0.4) is 0 Å². The minimum atomic E-state index is 0.235. The van der Waals surface area contributed by atoms with E-state index in [0.717, 1.165) is 24.2 Å². The van der Waals surface area contributed by atoms with Crippen LogP contribution in [-0.2, 0) is 31.1 Å². The third-order valence-corrected chi connectivity index (χ3v) is 12.9. The predicted octanol–water partition coefficient (Wildman–Crippen LogP) is 16.4. The van der Waals surface area contributed by atoms with Crippen molar-refractivity contribution >= 4 is 11.4 Å². The summed E-state index contributed by atoms with van der Waals surface area (Å²) in [6.07, 6.45) is 22.9. The number of aryl methyl sites for hydroxylation is 4. The summed E-state index contributed by atoms with van der Waals surface area (Å²) >= 11 is 0. The van der Waals surface area contributed by atoms with Crippen LogP contribution in [0.1, 0.15) is 152 Å². The van der Waals surface area contributed by atoms with Crippen LogP contribution in [-0.4, -0.2) is 0 Å². The molecule has 0 spiro atoms. The maximum absolute atomic E-state index is 3.72. The standard InChI is InChI=1S/C54H69N/c1-6-10-12-14-16-18-21-47-40-53(43-31-35-50(36-32-43)55-51-24-20-23-44(38-51)46-28-26-41-25-27-45(41)37-46)48(22-19-17-15-13-11-7-2)39-52(47)42-29-33-49(34-30-42)54(5,8-3)9-4/h20,23-24,26,28-40,55H,6-19,21-22,25,27H2,1-5H3. The van der Waals surface area contributed by atoms with Crippen molar-refractivity contribution in [3.63, 3.8) is 0 Å². The molecule has 0 aliphatic heterocycles. The van der Waals surface area contributed by atoms with Crippen LogP contribution in [0.25, 0.3) is 33.4 Å². The van der Waals surface area contributed by atoms with Crippen molar-refractivity contribution in [2.45, 2.75) is 156 Å². The Hall–Kier alpha value is -4.10. The van der Waals surface area contributed by atoms with Gasteiger partial charge in [0, 0.05) is 11.4 Å². The second-order valence-electron chi connectivity index (χ2n) is 16.8. The molecular formula is C54H69N. The Balaban J connectivity index is 1.29. The molecule has 1 heteroatoms. The van der Waals surface area contributed by atoms with Gasteiger partial charge in [0.05, 0.1) is 0 Å². The molecule has 1 aliphatic rings. The van der Waals surface area contributed by atoms with Gasteiger partial charge in [0.25, 0.3) is 0 Å². The lowest BCUT2D eigenvalue weighted by atomic mass is 9.77. The molecule has 290 valence electrons. The van der Waals surface area contributed by atoms with E-state index < -0.39 is 0 Å². The van der Waals surface area contributed by atoms with Crippen molar-refractivity contribution in [2.75, 3.05) is 5.32 Å². The summed E-state index contributed by atoms with van der Waals surface area (Å²) in [5.74, 6) is 0. The maximum Gasteiger partial charge on any atom is 0.0390 e. The van der Waals surface area contributed by atoms with Gasteiger partial charge in [-0.1, -0.05) is 178 Å². The number of benzene rings is 5. The van der Waals surface area contributed by atoms with Crippen molar-refractivity contribution in [3.8, 4) is 33.4 Å². The van der Waals surface area contributed by atoms with Crippen LogP contribution in [0.5, 0.6) is 0 Å². The van der Waals surface area contributed by atoms with Gasteiger partial charge in [-0.05, 0) is 142 Å². The van der Waals surface area contributed by atoms with E-state index in [2.05, 4.69) is 143 Å². The molecule has 0 atom stereocenters. The molecule has 0 heterocycles. The summed E-state index contributed by atoms with van der Waals surface area (Å²) in [5.41, 5.74) is 18.2. The maximum atomic E-state index is 3.72. The Bertz CT molecular complexity index is 1920. The number of anilines is 2. The first-order chi connectivity index (χ1) is 26.9. The van der Waals surface area contributed by atoms with Crippen LogP contribution in [0.15, 0.2) is 103 Å². The Labute approximate surface area is 335 Å². The van der Waals surface area contributed by atoms with Gasteiger partial charge in [-0.3, -0.25) is 0 Å². The van der Waals surface area contributed by atoms with Gasteiger partial charge < -0.3 is 5.32 Å². The Morgan fingerprint density at radius 2 is 0.964 bits per heavy atom. The zero-order chi connectivity index (χ0) is 38.5. The van der Waals surface area contributed by atoms with Crippen molar-refractivity contribution in [1.82, 2.24) is 0 Å². The molecule has 0 saturated carbocycles. The first-order valence-corrected chi connectivity index (χ1v) is 22.3. The molecule has 1 aliphatic carbocycles. The van der Waals surface area contributed by atoms with Crippen molar-refractivity contribution < 1.29 is 0 Å². The second-order valence-corrected chi connectivity index (χ2v) is 16.8. The number of hydrogen-bond donors (Lipinski definition) is 1. The summed E-state index contributed by atoms with van der Waals surface area (Å²) in [4.78, 5) is 0. The van der Waals surface area contributed by atoms with Gasteiger partial charge in [-0.15, -0.1) is 0 Å². The molecule has 55 heavy (non-hydrogen) atoms. The van der Waals surface area contributed by atoms with Crippen molar-refractivity contribution in [2.24, 2.45) is 0 Å². The van der Waals surface area contributed by atoms with Crippen LogP contribution in [0.4, 0.5) is 11.4 Å². The number of fused-ring (bicyclic) bond motifs is 1. The molecule has 5 aromatic carbocycles. The van der Waals surface area contributed by atoms with Crippen LogP contribution in [0, 0.1) is 0 Å². The SMILES string of the molecule is CCCCCCCCc1cc(-c2ccc(C(C)(CC)CC)cc2)c(CCCCCCCC)cc1-c1ccc(Nc2cccc(-c3ccc4c(c3)CC4)c2)cc1. The lowest BCUT2D eigenvalue weighted by Crippen LogP contribution is -2.19. The van der Waals surface area contributed by atoms with E-state index in [4.69, 9.17) is 0 Å². The van der Waals surface area contributed by atoms with E-state index in [9.17, 15) is 0 Å². The zero-order valence-electron chi connectivity index (χ0n) is 35.0. The number of rotatable bonds is 22. The number of nitrogens with one attached hydrogen (secondary N) is 1. The zero-order valence-corrected chi connectivity index (χ0v) is 35.0. The fraction of sp³-hybridized carbons (Fsp3) is 0.444. The van der Waals surface area contributed by atoms with E-state index >= 15 is 0 Å². The highest BCUT2D eigenvalue weighted by Crippen LogP contribution is 2.38. The molecule has 1 N–H and O–H groups in total. The van der Waals surface area contributed by atoms with Crippen molar-refractivity contribution in [3.05, 3.63) is 131 Å². The van der Waals surface area contributed by atoms with Gasteiger partial charge in [0.15, 0.2) is 0 Å². The Morgan fingerprint density at radius 1 is 0.455 bits per heavy atom. The quantitative estimate of drug-likeness (QED) is 0.0699. The molecular weight excluding hydrogens is 663 g/mol. The van der Waals surface area contributed by atoms with Gasteiger partial charge in [0.2, 0.25) is 0 Å². The summed E-state index contributed by atoms with van der Waals surface area (Å²) in [6.45, 7) is 11.7. The summed E-state index contributed by atoms with van der Waals surface area (Å²) in [5, 5.41) is 3.72. The van der Waals surface area contributed by atoms with Crippen LogP contribution in [0.2, 0.25) is 0 Å². The van der Waals surface area contributed by atoms with E-state index in [1.807, 2.05) is 0 Å². The summed E-state index contributed by atoms with van der Waals surface area (Å²) in [7, 11) is 0. The summed E-state index contributed by atoms with van der Waals surface area (Å²) < 4.78 is 0. The normalized spacial score (nSPS) is 12.4. The van der Waals surface area contributed by atoms with Crippen LogP contribution < -0.4 is 5.32 Å². The average Bonchev–Trinajstić information content (AvgIpc) is 3.21. The second kappa shape index (κ2) is 20.2. The predicted molar refractivity (Wildman–Crippen MR) is 242 cm³/mol. The molecule has 0 fully saturated rings. The minimum absolute atomic E-state index is 0.235. The lowest BCUT2D eigenvalue weighted by molar-refractivity contribution is 0.439. The monoisotopic (exact) mass is 732 g/mol. The topological polar surface area (TPSA) is 12.0 Å². The molecule has 0 aromatic heterocycles. The van der Waals surface area contributed by atoms with Gasteiger partial charge in [-0.25, -0.2) is 0 Å². The molecule has 6 rings (SSSR count). The van der Waals surface area contributed by atoms with Gasteiger partial charge >= 0.3 is 0 Å². The number of hydrogen-bond acceptors (Lipinski definition) is 1. The third-order valence-electron chi connectivity index (χ3n) is 12.9. The Morgan fingerprint density at radius 3 is 1.49 bits per heavy atom. The molecule has 0 amide bonds. The van der Waals surface area contributed by atoms with Crippen LogP contribution >= 0.6 is 0 Å².